The quantitative estimate of drug-likeness (QED) is 0.262. The maximum Gasteiger partial charge on any atom is 0.364 e. The number of hydrogen-bond acceptors (Lipinski definition) is 8. The van der Waals surface area contributed by atoms with Crippen molar-refractivity contribution < 1.29 is 45.0 Å². The summed E-state index contributed by atoms with van der Waals surface area (Å²) in [5.74, 6) is -5.56. The summed E-state index contributed by atoms with van der Waals surface area (Å²) in [5.41, 5.74) is 0. The predicted molar refractivity (Wildman–Crippen MR) is 74.0 cm³/mol. The molecular formula is C13H23NO9. The number of aliphatic carboxylic acids is 1. The Morgan fingerprint density at radius 2 is 1.91 bits per heavy atom. The first-order chi connectivity index (χ1) is 10.5. The van der Waals surface area contributed by atoms with Gasteiger partial charge in [-0.05, 0) is 0 Å². The SMILES string of the molecule is CC(C)C(=O)N[C@H]1[C@H]([C@H](O)[C@H](O)CO)O[C@@](O)(C(=O)O)C[C@@H]1O. The zero-order chi connectivity index (χ0) is 17.9. The topological polar surface area (TPSA) is 177 Å². The third kappa shape index (κ3) is 4.37. The van der Waals surface area contributed by atoms with E-state index in [1.807, 2.05) is 0 Å². The average Bonchev–Trinajstić information content (AvgIpc) is 2.47. The highest BCUT2D eigenvalue weighted by atomic mass is 16.7. The molecule has 0 bridgehead atoms. The highest BCUT2D eigenvalue weighted by molar-refractivity contribution is 5.78. The number of amides is 1. The first kappa shape index (κ1) is 19.7. The molecular weight excluding hydrogens is 314 g/mol. The summed E-state index contributed by atoms with van der Waals surface area (Å²) < 4.78 is 4.94. The number of aliphatic hydroxyl groups is 5. The van der Waals surface area contributed by atoms with E-state index in [-0.39, 0.29) is 0 Å². The number of hydrogen-bond donors (Lipinski definition) is 7. The van der Waals surface area contributed by atoms with Gasteiger partial charge in [0, 0.05) is 12.3 Å². The molecule has 0 saturated carbocycles. The summed E-state index contributed by atoms with van der Waals surface area (Å²) in [7, 11) is 0. The molecule has 1 amide bonds. The molecule has 0 aromatic carbocycles. The Morgan fingerprint density at radius 1 is 1.35 bits per heavy atom. The molecule has 10 nitrogen and oxygen atoms in total. The molecule has 134 valence electrons. The number of aliphatic hydroxyl groups excluding tert-OH is 4. The van der Waals surface area contributed by atoms with Crippen molar-refractivity contribution in [2.24, 2.45) is 5.92 Å². The van der Waals surface area contributed by atoms with Gasteiger partial charge < -0.3 is 40.7 Å². The van der Waals surface area contributed by atoms with Gasteiger partial charge >= 0.3 is 5.97 Å². The normalized spacial score (nSPS) is 34.0. The van der Waals surface area contributed by atoms with E-state index < -0.39 is 67.1 Å². The van der Waals surface area contributed by atoms with Crippen LogP contribution in [0.2, 0.25) is 0 Å². The fraction of sp³-hybridized carbons (Fsp3) is 0.846. The van der Waals surface area contributed by atoms with Gasteiger partial charge in [-0.2, -0.15) is 0 Å². The van der Waals surface area contributed by atoms with Gasteiger partial charge in [0.25, 0.3) is 5.79 Å². The van der Waals surface area contributed by atoms with Gasteiger partial charge in [0.2, 0.25) is 5.91 Å². The van der Waals surface area contributed by atoms with Crippen LogP contribution >= 0.6 is 0 Å². The molecule has 0 spiro atoms. The van der Waals surface area contributed by atoms with Gasteiger partial charge in [0.1, 0.15) is 18.3 Å². The maximum absolute atomic E-state index is 11.8. The van der Waals surface area contributed by atoms with Gasteiger partial charge in [-0.1, -0.05) is 13.8 Å². The molecule has 1 rings (SSSR count). The van der Waals surface area contributed by atoms with E-state index >= 15 is 0 Å². The minimum Gasteiger partial charge on any atom is -0.477 e. The summed E-state index contributed by atoms with van der Waals surface area (Å²) in [6.07, 6.45) is -7.52. The summed E-state index contributed by atoms with van der Waals surface area (Å²) in [6.45, 7) is 2.29. The number of carbonyl (C=O) groups is 2. The average molecular weight is 337 g/mol. The molecule has 0 radical (unpaired) electrons. The van der Waals surface area contributed by atoms with Gasteiger partial charge in [0.15, 0.2) is 0 Å². The van der Waals surface area contributed by atoms with E-state index in [1.54, 1.807) is 13.8 Å². The van der Waals surface area contributed by atoms with Crippen LogP contribution in [0.1, 0.15) is 20.3 Å². The van der Waals surface area contributed by atoms with Crippen LogP contribution in [0.4, 0.5) is 0 Å². The van der Waals surface area contributed by atoms with Crippen molar-refractivity contribution in [2.45, 2.75) is 56.5 Å². The molecule has 0 aromatic rings. The van der Waals surface area contributed by atoms with E-state index in [4.69, 9.17) is 14.9 Å². The molecule has 1 fully saturated rings. The first-order valence-corrected chi connectivity index (χ1v) is 7.12. The van der Waals surface area contributed by atoms with Gasteiger partial charge in [-0.25, -0.2) is 4.79 Å². The smallest absolute Gasteiger partial charge is 0.364 e. The van der Waals surface area contributed by atoms with Gasteiger partial charge in [-0.15, -0.1) is 0 Å². The Hall–Kier alpha value is -1.30. The van der Waals surface area contributed by atoms with E-state index in [2.05, 4.69) is 5.32 Å². The van der Waals surface area contributed by atoms with Crippen LogP contribution < -0.4 is 5.32 Å². The fourth-order valence-electron chi connectivity index (χ4n) is 2.23. The van der Waals surface area contributed by atoms with Crippen LogP contribution in [0.25, 0.3) is 0 Å². The molecule has 6 atom stereocenters. The Balaban J connectivity index is 3.09. The second-order valence-corrected chi connectivity index (χ2v) is 5.87. The minimum absolute atomic E-state index is 0.469. The maximum atomic E-state index is 11.8. The van der Waals surface area contributed by atoms with Crippen LogP contribution in [0.15, 0.2) is 0 Å². The number of ether oxygens (including phenoxy) is 1. The largest absolute Gasteiger partial charge is 0.477 e. The molecule has 10 heteroatoms. The van der Waals surface area contributed by atoms with E-state index in [0.29, 0.717) is 0 Å². The number of rotatable bonds is 6. The molecule has 7 N–H and O–H groups in total. The number of nitrogens with one attached hydrogen (secondary N) is 1. The second kappa shape index (κ2) is 7.51. The molecule has 1 saturated heterocycles. The van der Waals surface area contributed by atoms with Crippen LogP contribution in [-0.2, 0) is 14.3 Å². The van der Waals surface area contributed by atoms with Crippen molar-refractivity contribution in [3.05, 3.63) is 0 Å². The molecule has 1 heterocycles. The lowest BCUT2D eigenvalue weighted by Crippen LogP contribution is -2.67. The molecule has 0 aromatic heterocycles. The van der Waals surface area contributed by atoms with Crippen LogP contribution in [0.5, 0.6) is 0 Å². The number of carboxylic acid groups (broad SMARTS) is 1. The lowest BCUT2D eigenvalue weighted by Gasteiger charge is -2.44. The standard InChI is InChI=1S/C13H23NO9/c1-5(2)11(19)14-8-6(16)3-13(22,12(20)21)23-10(8)9(18)7(17)4-15/h5-10,15-18,22H,3-4H2,1-2H3,(H,14,19)(H,20,21)/t6-,7+,8+,9+,10+,13+/m0/s1. The predicted octanol–water partition coefficient (Wildman–Crippen LogP) is -3.24. The minimum atomic E-state index is -2.79. The van der Waals surface area contributed by atoms with E-state index in [0.717, 1.165) is 0 Å². The number of carbonyl (C=O) groups excluding carboxylic acids is 1. The summed E-state index contributed by atoms with van der Waals surface area (Å²) in [4.78, 5) is 22.9. The molecule has 23 heavy (non-hydrogen) atoms. The van der Waals surface area contributed by atoms with Crippen molar-refractivity contribution >= 4 is 11.9 Å². The Morgan fingerprint density at radius 3 is 2.35 bits per heavy atom. The van der Waals surface area contributed by atoms with Crippen molar-refractivity contribution in [2.75, 3.05) is 6.61 Å². The second-order valence-electron chi connectivity index (χ2n) is 5.87. The Kier molecular flexibility index (Phi) is 6.45. The summed E-state index contributed by atoms with van der Waals surface area (Å²) in [5, 5.41) is 59.8. The third-order valence-electron chi connectivity index (χ3n) is 3.67. The molecule has 1 aliphatic heterocycles. The van der Waals surface area contributed by atoms with Crippen molar-refractivity contribution in [1.82, 2.24) is 5.32 Å². The fourth-order valence-corrected chi connectivity index (χ4v) is 2.23. The summed E-state index contributed by atoms with van der Waals surface area (Å²) >= 11 is 0. The van der Waals surface area contributed by atoms with E-state index in [9.17, 15) is 30.0 Å². The van der Waals surface area contributed by atoms with E-state index in [1.165, 1.54) is 0 Å². The van der Waals surface area contributed by atoms with Crippen LogP contribution in [0, 0.1) is 5.92 Å². The molecule has 1 aliphatic rings. The molecule has 0 aliphatic carbocycles. The third-order valence-corrected chi connectivity index (χ3v) is 3.67. The summed E-state index contributed by atoms with van der Waals surface area (Å²) in [6, 6.07) is -1.28. The lowest BCUT2D eigenvalue weighted by molar-refractivity contribution is -0.295. The molecule has 0 unspecified atom stereocenters. The van der Waals surface area contributed by atoms with Crippen LogP contribution in [-0.4, -0.2) is 85.4 Å². The monoisotopic (exact) mass is 337 g/mol. The first-order valence-electron chi connectivity index (χ1n) is 7.12. The highest BCUT2D eigenvalue weighted by Crippen LogP contribution is 2.30. The Bertz CT molecular complexity index is 443. The Labute approximate surface area is 132 Å². The zero-order valence-corrected chi connectivity index (χ0v) is 12.8. The lowest BCUT2D eigenvalue weighted by atomic mass is 9.88. The van der Waals surface area contributed by atoms with Gasteiger partial charge in [0.05, 0.1) is 18.8 Å². The van der Waals surface area contributed by atoms with Crippen molar-refractivity contribution in [1.29, 1.82) is 0 Å². The van der Waals surface area contributed by atoms with Crippen molar-refractivity contribution in [3.8, 4) is 0 Å². The highest BCUT2D eigenvalue weighted by Gasteiger charge is 2.54. The zero-order valence-electron chi connectivity index (χ0n) is 12.8. The van der Waals surface area contributed by atoms with Gasteiger partial charge in [-0.3, -0.25) is 4.79 Å². The number of carboxylic acids is 1. The van der Waals surface area contributed by atoms with Crippen molar-refractivity contribution in [3.63, 3.8) is 0 Å². The van der Waals surface area contributed by atoms with Crippen LogP contribution in [0.3, 0.4) is 0 Å².